The number of aliphatic hydroxyl groups excluding tert-OH is 1. The summed E-state index contributed by atoms with van der Waals surface area (Å²) in [6.07, 6.45) is 3.41. The highest BCUT2D eigenvalue weighted by Gasteiger charge is 2.27. The second kappa shape index (κ2) is 9.15. The summed E-state index contributed by atoms with van der Waals surface area (Å²) < 4.78 is 1.83. The van der Waals surface area contributed by atoms with Crippen LogP contribution in [-0.4, -0.2) is 75.5 Å². The predicted octanol–water partition coefficient (Wildman–Crippen LogP) is 1.01. The molecule has 1 aliphatic heterocycles. The second-order valence-electron chi connectivity index (χ2n) is 6.63. The van der Waals surface area contributed by atoms with Crippen molar-refractivity contribution in [1.82, 2.24) is 19.6 Å². The Labute approximate surface area is 144 Å². The van der Waals surface area contributed by atoms with Crippen LogP contribution in [0.3, 0.4) is 0 Å². The van der Waals surface area contributed by atoms with E-state index in [0.29, 0.717) is 19.1 Å². The third-order valence-corrected chi connectivity index (χ3v) is 4.45. The summed E-state index contributed by atoms with van der Waals surface area (Å²) in [4.78, 5) is 16.9. The fraction of sp³-hybridized carbons (Fsp3) is 0.765. The minimum absolute atomic E-state index is 0.00619. The largest absolute Gasteiger partial charge is 0.392 e. The average molecular weight is 337 g/mol. The number of hydrogen-bond donors (Lipinski definition) is 2. The Morgan fingerprint density at radius 2 is 2.25 bits per heavy atom. The Bertz CT molecular complexity index is 517. The van der Waals surface area contributed by atoms with E-state index in [1.807, 2.05) is 17.7 Å². The monoisotopic (exact) mass is 337 g/mol. The molecular formula is C17H31N5O2. The predicted molar refractivity (Wildman–Crippen MR) is 94.9 cm³/mol. The van der Waals surface area contributed by atoms with Crippen LogP contribution in [0.4, 0.5) is 5.82 Å². The molecule has 2 heterocycles. The first-order valence-corrected chi connectivity index (χ1v) is 8.99. The quantitative estimate of drug-likeness (QED) is 0.741. The lowest BCUT2D eigenvalue weighted by Crippen LogP contribution is -2.55. The van der Waals surface area contributed by atoms with Gasteiger partial charge in [-0.15, -0.1) is 0 Å². The lowest BCUT2D eigenvalue weighted by atomic mass is 10.1. The molecule has 7 heteroatoms. The SMILES string of the molecule is CCCn1nccc1NC(=O)CN1CCN(C[C@H](C)O)[C@H](CC)C1. The Morgan fingerprint density at radius 1 is 1.46 bits per heavy atom. The van der Waals surface area contributed by atoms with E-state index >= 15 is 0 Å². The molecule has 2 rings (SSSR count). The van der Waals surface area contributed by atoms with E-state index in [2.05, 4.69) is 34.1 Å². The molecule has 1 aromatic rings. The Balaban J connectivity index is 1.85. The molecule has 0 aromatic carbocycles. The molecule has 2 atom stereocenters. The van der Waals surface area contributed by atoms with Crippen molar-refractivity contribution >= 4 is 11.7 Å². The molecule has 1 fully saturated rings. The fourth-order valence-corrected chi connectivity index (χ4v) is 3.28. The first-order chi connectivity index (χ1) is 11.5. The van der Waals surface area contributed by atoms with Gasteiger partial charge < -0.3 is 10.4 Å². The molecule has 136 valence electrons. The van der Waals surface area contributed by atoms with Crippen molar-refractivity contribution in [2.24, 2.45) is 0 Å². The van der Waals surface area contributed by atoms with E-state index < -0.39 is 0 Å². The molecule has 0 aliphatic carbocycles. The maximum atomic E-state index is 12.3. The van der Waals surface area contributed by atoms with Crippen molar-refractivity contribution < 1.29 is 9.90 Å². The van der Waals surface area contributed by atoms with Gasteiger partial charge in [-0.3, -0.25) is 14.6 Å². The number of aliphatic hydroxyl groups is 1. The Hall–Kier alpha value is -1.44. The average Bonchev–Trinajstić information content (AvgIpc) is 2.95. The highest BCUT2D eigenvalue weighted by molar-refractivity contribution is 5.91. The van der Waals surface area contributed by atoms with Crippen LogP contribution in [0, 0.1) is 0 Å². The van der Waals surface area contributed by atoms with E-state index in [0.717, 1.165) is 44.8 Å². The maximum absolute atomic E-state index is 12.3. The van der Waals surface area contributed by atoms with Crippen LogP contribution in [0.15, 0.2) is 12.3 Å². The number of rotatable bonds is 8. The molecule has 0 unspecified atom stereocenters. The van der Waals surface area contributed by atoms with Gasteiger partial charge in [-0.1, -0.05) is 13.8 Å². The number of anilines is 1. The molecule has 7 nitrogen and oxygen atoms in total. The van der Waals surface area contributed by atoms with Gasteiger partial charge in [-0.25, -0.2) is 4.68 Å². The molecular weight excluding hydrogens is 306 g/mol. The molecule has 0 bridgehead atoms. The minimum atomic E-state index is -0.312. The van der Waals surface area contributed by atoms with Gasteiger partial charge in [-0.05, 0) is 19.8 Å². The van der Waals surface area contributed by atoms with Crippen molar-refractivity contribution in [1.29, 1.82) is 0 Å². The van der Waals surface area contributed by atoms with E-state index in [4.69, 9.17) is 0 Å². The van der Waals surface area contributed by atoms with Crippen LogP contribution in [0.25, 0.3) is 0 Å². The normalized spacial score (nSPS) is 20.9. The molecule has 2 N–H and O–H groups in total. The Kier molecular flexibility index (Phi) is 7.20. The van der Waals surface area contributed by atoms with Gasteiger partial charge >= 0.3 is 0 Å². The van der Waals surface area contributed by atoms with Crippen molar-refractivity contribution in [2.75, 3.05) is 38.0 Å². The van der Waals surface area contributed by atoms with E-state index in [1.54, 1.807) is 6.20 Å². The summed E-state index contributed by atoms with van der Waals surface area (Å²) in [5.41, 5.74) is 0. The van der Waals surface area contributed by atoms with Crippen LogP contribution < -0.4 is 5.32 Å². The lowest BCUT2D eigenvalue weighted by molar-refractivity contribution is -0.118. The molecule has 0 spiro atoms. The van der Waals surface area contributed by atoms with Crippen LogP contribution in [-0.2, 0) is 11.3 Å². The van der Waals surface area contributed by atoms with Gasteiger partial charge in [0, 0.05) is 44.8 Å². The number of amides is 1. The molecule has 0 saturated carbocycles. The number of β-amino-alcohol motifs (C(OH)–C–C–N with tert-alkyl or cyclic N) is 1. The number of carbonyl (C=O) groups is 1. The summed E-state index contributed by atoms with van der Waals surface area (Å²) >= 11 is 0. The van der Waals surface area contributed by atoms with Gasteiger partial charge in [-0.2, -0.15) is 5.10 Å². The van der Waals surface area contributed by atoms with Crippen molar-refractivity contribution in [3.05, 3.63) is 12.3 Å². The fourth-order valence-electron chi connectivity index (χ4n) is 3.28. The minimum Gasteiger partial charge on any atom is -0.392 e. The molecule has 1 aromatic heterocycles. The zero-order chi connectivity index (χ0) is 17.5. The van der Waals surface area contributed by atoms with Gasteiger partial charge in [0.15, 0.2) is 0 Å². The molecule has 1 aliphatic rings. The highest BCUT2D eigenvalue weighted by Crippen LogP contribution is 2.14. The van der Waals surface area contributed by atoms with Crippen LogP contribution in [0.2, 0.25) is 0 Å². The summed E-state index contributed by atoms with van der Waals surface area (Å²) in [6.45, 7) is 10.6. The highest BCUT2D eigenvalue weighted by atomic mass is 16.3. The molecule has 24 heavy (non-hydrogen) atoms. The van der Waals surface area contributed by atoms with Crippen molar-refractivity contribution in [2.45, 2.75) is 52.3 Å². The Morgan fingerprint density at radius 3 is 2.92 bits per heavy atom. The van der Waals surface area contributed by atoms with Crippen LogP contribution in [0.1, 0.15) is 33.6 Å². The van der Waals surface area contributed by atoms with E-state index in [1.165, 1.54) is 0 Å². The summed E-state index contributed by atoms with van der Waals surface area (Å²) in [7, 11) is 0. The van der Waals surface area contributed by atoms with Crippen LogP contribution >= 0.6 is 0 Å². The summed E-state index contributed by atoms with van der Waals surface area (Å²) in [5.74, 6) is 0.772. The van der Waals surface area contributed by atoms with Gasteiger partial charge in [0.05, 0.1) is 18.8 Å². The topological polar surface area (TPSA) is 73.6 Å². The number of aromatic nitrogens is 2. The molecule has 1 saturated heterocycles. The number of piperazine rings is 1. The van der Waals surface area contributed by atoms with Crippen molar-refractivity contribution in [3.8, 4) is 0 Å². The molecule has 0 radical (unpaired) electrons. The lowest BCUT2D eigenvalue weighted by Gasteiger charge is -2.41. The number of hydrogen-bond acceptors (Lipinski definition) is 5. The first-order valence-electron chi connectivity index (χ1n) is 8.99. The summed E-state index contributed by atoms with van der Waals surface area (Å²) in [5, 5.41) is 16.8. The zero-order valence-electron chi connectivity index (χ0n) is 15.1. The van der Waals surface area contributed by atoms with Gasteiger partial charge in [0.2, 0.25) is 5.91 Å². The number of nitrogens with zero attached hydrogens (tertiary/aromatic N) is 4. The number of aryl methyl sites for hydroxylation is 1. The molecule has 1 amide bonds. The van der Waals surface area contributed by atoms with Gasteiger partial charge in [0.1, 0.15) is 5.82 Å². The second-order valence-corrected chi connectivity index (χ2v) is 6.63. The zero-order valence-corrected chi connectivity index (χ0v) is 15.1. The van der Waals surface area contributed by atoms with E-state index in [9.17, 15) is 9.90 Å². The maximum Gasteiger partial charge on any atom is 0.239 e. The first kappa shape index (κ1) is 18.9. The van der Waals surface area contributed by atoms with Crippen molar-refractivity contribution in [3.63, 3.8) is 0 Å². The number of carbonyl (C=O) groups excluding carboxylic acids is 1. The number of nitrogens with one attached hydrogen (secondary N) is 1. The third-order valence-electron chi connectivity index (χ3n) is 4.45. The van der Waals surface area contributed by atoms with Gasteiger partial charge in [0.25, 0.3) is 0 Å². The third kappa shape index (κ3) is 5.29. The van der Waals surface area contributed by atoms with E-state index in [-0.39, 0.29) is 12.0 Å². The van der Waals surface area contributed by atoms with Crippen LogP contribution in [0.5, 0.6) is 0 Å². The standard InChI is InChI=1S/C17H31N5O2/c1-4-8-22-16(6-7-18-22)19-17(24)13-20-9-10-21(11-14(3)23)15(5-2)12-20/h6-7,14-15,23H,4-5,8-13H2,1-3H3,(H,19,24)/t14-,15+/m0/s1. The smallest absolute Gasteiger partial charge is 0.239 e. The summed E-state index contributed by atoms with van der Waals surface area (Å²) in [6, 6.07) is 2.23.